The van der Waals surface area contributed by atoms with Crippen molar-refractivity contribution in [3.8, 4) is 0 Å². The first-order valence-corrected chi connectivity index (χ1v) is 9.32. The molecule has 0 bridgehead atoms. The van der Waals surface area contributed by atoms with Crippen LogP contribution < -0.4 is 15.5 Å². The number of piperidine rings is 1. The number of aryl methyl sites for hydroxylation is 1. The van der Waals surface area contributed by atoms with E-state index < -0.39 is 0 Å². The summed E-state index contributed by atoms with van der Waals surface area (Å²) in [7, 11) is 0. The number of nitrogens with zero attached hydrogens (tertiary/aromatic N) is 2. The summed E-state index contributed by atoms with van der Waals surface area (Å²) in [5, 5.41) is 7.04. The summed E-state index contributed by atoms with van der Waals surface area (Å²) < 4.78 is 0. The molecule has 2 N–H and O–H groups in total. The number of rotatable bonds is 4. The summed E-state index contributed by atoms with van der Waals surface area (Å²) in [6.07, 6.45) is 4.34. The van der Waals surface area contributed by atoms with Gasteiger partial charge in [0.25, 0.3) is 0 Å². The maximum absolute atomic E-state index is 5.37. The molecule has 1 saturated heterocycles. The molecule has 3 rings (SSSR count). The lowest BCUT2D eigenvalue weighted by atomic mass is 9.99. The van der Waals surface area contributed by atoms with Gasteiger partial charge in [-0.2, -0.15) is 0 Å². The van der Waals surface area contributed by atoms with Crippen molar-refractivity contribution in [3.63, 3.8) is 0 Å². The zero-order valence-corrected chi connectivity index (χ0v) is 15.8. The van der Waals surface area contributed by atoms with E-state index in [2.05, 4.69) is 64.7 Å². The van der Waals surface area contributed by atoms with Crippen molar-refractivity contribution in [2.24, 2.45) is 5.92 Å². The molecule has 5 heteroatoms. The molecular weight excluding hydrogens is 328 g/mol. The molecule has 2 aromatic rings. The van der Waals surface area contributed by atoms with Crippen LogP contribution in [0, 0.1) is 12.8 Å². The average molecular weight is 355 g/mol. The van der Waals surface area contributed by atoms with Crippen LogP contribution in [0.15, 0.2) is 42.6 Å². The van der Waals surface area contributed by atoms with E-state index in [9.17, 15) is 0 Å². The van der Waals surface area contributed by atoms with Crippen LogP contribution in [0.25, 0.3) is 0 Å². The zero-order chi connectivity index (χ0) is 17.6. The molecular formula is C20H26N4S. The van der Waals surface area contributed by atoms with Gasteiger partial charge in [0.05, 0.1) is 11.9 Å². The molecule has 0 unspecified atom stereocenters. The third kappa shape index (κ3) is 5.16. The molecule has 132 valence electrons. The molecule has 4 nitrogen and oxygen atoms in total. The van der Waals surface area contributed by atoms with Gasteiger partial charge in [0.1, 0.15) is 5.82 Å². The van der Waals surface area contributed by atoms with Gasteiger partial charge >= 0.3 is 0 Å². The fraction of sp³-hybridized carbons (Fsp3) is 0.400. The maximum Gasteiger partial charge on any atom is 0.171 e. The Morgan fingerprint density at radius 2 is 1.88 bits per heavy atom. The largest absolute Gasteiger partial charge is 0.358 e. The molecule has 1 aromatic heterocycles. The predicted octanol–water partition coefficient (Wildman–Crippen LogP) is 4.11. The van der Waals surface area contributed by atoms with Crippen LogP contribution in [0.1, 0.15) is 30.9 Å². The van der Waals surface area contributed by atoms with Gasteiger partial charge in [0.15, 0.2) is 5.11 Å². The quantitative estimate of drug-likeness (QED) is 0.809. The van der Waals surface area contributed by atoms with Crippen molar-refractivity contribution in [2.45, 2.75) is 33.2 Å². The summed E-state index contributed by atoms with van der Waals surface area (Å²) in [6.45, 7) is 7.31. The van der Waals surface area contributed by atoms with Gasteiger partial charge in [0.2, 0.25) is 0 Å². The minimum absolute atomic E-state index is 0.613. The SMILES string of the molecule is Cc1ccc(CNC(=S)Nc2ccc(N3CCC(C)CC3)nc2)cc1. The van der Waals surface area contributed by atoms with Crippen LogP contribution >= 0.6 is 12.2 Å². The maximum atomic E-state index is 5.37. The summed E-state index contributed by atoms with van der Waals surface area (Å²) >= 11 is 5.37. The molecule has 0 saturated carbocycles. The molecule has 2 heterocycles. The molecule has 1 aromatic carbocycles. The Hall–Kier alpha value is -2.14. The van der Waals surface area contributed by atoms with E-state index in [0.29, 0.717) is 11.7 Å². The standard InChI is InChI=1S/C20H26N4S/c1-15-3-5-17(6-4-15)13-22-20(25)23-18-7-8-19(21-14-18)24-11-9-16(2)10-12-24/h3-8,14,16H,9-13H2,1-2H3,(H2,22,23,25). The number of hydrogen-bond acceptors (Lipinski definition) is 3. The molecule has 25 heavy (non-hydrogen) atoms. The lowest BCUT2D eigenvalue weighted by Crippen LogP contribution is -2.33. The molecule has 0 spiro atoms. The Balaban J connectivity index is 1.49. The summed E-state index contributed by atoms with van der Waals surface area (Å²) in [4.78, 5) is 6.94. The summed E-state index contributed by atoms with van der Waals surface area (Å²) in [5.41, 5.74) is 3.39. The fourth-order valence-corrected chi connectivity index (χ4v) is 3.14. The Morgan fingerprint density at radius 3 is 2.52 bits per heavy atom. The normalized spacial score (nSPS) is 15.0. The highest BCUT2D eigenvalue weighted by Gasteiger charge is 2.16. The topological polar surface area (TPSA) is 40.2 Å². The minimum Gasteiger partial charge on any atom is -0.358 e. The highest BCUT2D eigenvalue weighted by Crippen LogP contribution is 2.22. The van der Waals surface area contributed by atoms with E-state index in [-0.39, 0.29) is 0 Å². The Morgan fingerprint density at radius 1 is 1.16 bits per heavy atom. The fourth-order valence-electron chi connectivity index (χ4n) is 2.95. The number of pyridine rings is 1. The molecule has 1 aliphatic heterocycles. The number of aromatic nitrogens is 1. The number of thiocarbonyl (C=S) groups is 1. The highest BCUT2D eigenvalue weighted by atomic mass is 32.1. The molecule has 0 amide bonds. The lowest BCUT2D eigenvalue weighted by molar-refractivity contribution is 0.436. The van der Waals surface area contributed by atoms with Gasteiger partial charge < -0.3 is 15.5 Å². The lowest BCUT2D eigenvalue weighted by Gasteiger charge is -2.31. The van der Waals surface area contributed by atoms with Gasteiger partial charge in [-0.25, -0.2) is 4.98 Å². The van der Waals surface area contributed by atoms with Crippen molar-refractivity contribution in [2.75, 3.05) is 23.3 Å². The van der Waals surface area contributed by atoms with Gasteiger partial charge in [-0.05, 0) is 55.6 Å². The van der Waals surface area contributed by atoms with Gasteiger partial charge in [-0.3, -0.25) is 0 Å². The van der Waals surface area contributed by atoms with Gasteiger partial charge in [-0.15, -0.1) is 0 Å². The summed E-state index contributed by atoms with van der Waals surface area (Å²) in [6, 6.07) is 12.6. The van der Waals surface area contributed by atoms with Crippen LogP contribution in [-0.4, -0.2) is 23.2 Å². The number of nitrogens with one attached hydrogen (secondary N) is 2. The zero-order valence-electron chi connectivity index (χ0n) is 15.0. The first-order valence-electron chi connectivity index (χ1n) is 8.91. The van der Waals surface area contributed by atoms with E-state index in [0.717, 1.165) is 30.5 Å². The van der Waals surface area contributed by atoms with Crippen molar-refractivity contribution in [1.82, 2.24) is 10.3 Å². The van der Waals surface area contributed by atoms with Crippen LogP contribution in [0.3, 0.4) is 0 Å². The van der Waals surface area contributed by atoms with Gasteiger partial charge in [0, 0.05) is 19.6 Å². The van der Waals surface area contributed by atoms with Gasteiger partial charge in [-0.1, -0.05) is 36.8 Å². The number of anilines is 2. The van der Waals surface area contributed by atoms with Crippen LogP contribution in [-0.2, 0) is 6.54 Å². The van der Waals surface area contributed by atoms with Crippen molar-refractivity contribution in [3.05, 3.63) is 53.7 Å². The van der Waals surface area contributed by atoms with E-state index >= 15 is 0 Å². The van der Waals surface area contributed by atoms with E-state index in [1.807, 2.05) is 12.3 Å². The Bertz CT molecular complexity index is 689. The number of benzene rings is 1. The minimum atomic E-state index is 0.613. The second-order valence-corrected chi connectivity index (χ2v) is 7.28. The molecule has 0 aliphatic carbocycles. The summed E-state index contributed by atoms with van der Waals surface area (Å²) in [5.74, 6) is 1.88. The third-order valence-corrected chi connectivity index (χ3v) is 4.93. The smallest absolute Gasteiger partial charge is 0.171 e. The molecule has 0 atom stereocenters. The van der Waals surface area contributed by atoms with Crippen LogP contribution in [0.4, 0.5) is 11.5 Å². The van der Waals surface area contributed by atoms with Crippen molar-refractivity contribution < 1.29 is 0 Å². The third-order valence-electron chi connectivity index (χ3n) is 4.69. The molecule has 1 aliphatic rings. The van der Waals surface area contributed by atoms with E-state index in [4.69, 9.17) is 12.2 Å². The first-order chi connectivity index (χ1) is 12.1. The Labute approximate surface area is 155 Å². The van der Waals surface area contributed by atoms with Crippen molar-refractivity contribution in [1.29, 1.82) is 0 Å². The second kappa shape index (κ2) is 8.30. The Kier molecular flexibility index (Phi) is 5.87. The monoisotopic (exact) mass is 354 g/mol. The number of hydrogen-bond donors (Lipinski definition) is 2. The second-order valence-electron chi connectivity index (χ2n) is 6.87. The average Bonchev–Trinajstić information content (AvgIpc) is 2.63. The van der Waals surface area contributed by atoms with E-state index in [1.165, 1.54) is 24.0 Å². The van der Waals surface area contributed by atoms with Crippen LogP contribution in [0.2, 0.25) is 0 Å². The highest BCUT2D eigenvalue weighted by molar-refractivity contribution is 7.80. The van der Waals surface area contributed by atoms with Crippen LogP contribution in [0.5, 0.6) is 0 Å². The van der Waals surface area contributed by atoms with Crippen molar-refractivity contribution >= 4 is 28.8 Å². The first kappa shape index (κ1) is 17.7. The predicted molar refractivity (Wildman–Crippen MR) is 109 cm³/mol. The molecule has 1 fully saturated rings. The molecule has 0 radical (unpaired) electrons. The van der Waals surface area contributed by atoms with E-state index in [1.54, 1.807) is 0 Å².